The zero-order valence-electron chi connectivity index (χ0n) is 20.3. The Morgan fingerprint density at radius 3 is 2.53 bits per heavy atom. The molecule has 0 saturated carbocycles. The fourth-order valence-electron chi connectivity index (χ4n) is 4.40. The fourth-order valence-corrected chi connectivity index (χ4v) is 4.40. The van der Waals surface area contributed by atoms with Gasteiger partial charge in [0.25, 0.3) is 0 Å². The maximum atomic E-state index is 13.5. The number of rotatable bonds is 5. The number of nitriles is 1. The van der Waals surface area contributed by atoms with E-state index < -0.39 is 35.4 Å². The average Bonchev–Trinajstić information content (AvgIpc) is 3.27. The van der Waals surface area contributed by atoms with Crippen LogP contribution in [-0.2, 0) is 31.7 Å². The third-order valence-electron chi connectivity index (χ3n) is 6.11. The monoisotopic (exact) mass is 527 g/mol. The van der Waals surface area contributed by atoms with Crippen molar-refractivity contribution in [2.24, 2.45) is 0 Å². The number of halogens is 3. The van der Waals surface area contributed by atoms with Crippen molar-refractivity contribution in [3.63, 3.8) is 0 Å². The van der Waals surface area contributed by atoms with Crippen molar-refractivity contribution in [1.82, 2.24) is 14.8 Å². The van der Waals surface area contributed by atoms with Crippen molar-refractivity contribution in [3.05, 3.63) is 86.5 Å². The van der Waals surface area contributed by atoms with E-state index >= 15 is 0 Å². The number of esters is 2. The molecule has 13 heteroatoms. The molecule has 10 nitrogen and oxygen atoms in total. The SMILES string of the molecule is COC(=O)Cc1cc(C#N)ccc1C1C(C(=O)OC)=C(C)N(c2cccc(C(F)(F)F)c2)c2n[nH]c(=O)n21. The molecule has 3 aromatic rings. The summed E-state index contributed by atoms with van der Waals surface area (Å²) in [6.45, 7) is 1.48. The third-order valence-corrected chi connectivity index (χ3v) is 6.11. The van der Waals surface area contributed by atoms with Gasteiger partial charge in [-0.05, 0) is 48.4 Å². The largest absolute Gasteiger partial charge is 0.469 e. The molecule has 196 valence electrons. The molecule has 0 aliphatic carbocycles. The van der Waals surface area contributed by atoms with Gasteiger partial charge in [-0.25, -0.2) is 19.3 Å². The number of hydrogen-bond acceptors (Lipinski definition) is 8. The predicted octanol–water partition coefficient (Wildman–Crippen LogP) is 3.37. The van der Waals surface area contributed by atoms with E-state index in [0.29, 0.717) is 11.1 Å². The van der Waals surface area contributed by atoms with Crippen molar-refractivity contribution in [2.45, 2.75) is 25.6 Å². The molecule has 1 N–H and O–H groups in total. The number of carbonyl (C=O) groups excluding carboxylic acids is 2. The molecular formula is C25H20F3N5O5. The number of methoxy groups -OCH3 is 2. The Labute approximate surface area is 213 Å². The number of ether oxygens (including phenoxy) is 2. The zero-order chi connectivity index (χ0) is 27.8. The molecule has 2 heterocycles. The normalized spacial score (nSPS) is 15.1. The van der Waals surface area contributed by atoms with E-state index in [-0.39, 0.29) is 34.9 Å². The molecule has 2 aromatic carbocycles. The molecule has 1 unspecified atom stereocenters. The van der Waals surface area contributed by atoms with Crippen molar-refractivity contribution in [3.8, 4) is 6.07 Å². The first-order valence-electron chi connectivity index (χ1n) is 11.0. The molecular weight excluding hydrogens is 507 g/mol. The number of fused-ring (bicyclic) bond motifs is 1. The number of nitrogens with zero attached hydrogens (tertiary/aromatic N) is 4. The summed E-state index contributed by atoms with van der Waals surface area (Å²) in [4.78, 5) is 39.6. The lowest BCUT2D eigenvalue weighted by Crippen LogP contribution is -2.38. The van der Waals surface area contributed by atoms with Gasteiger partial charge in [-0.1, -0.05) is 12.1 Å². The molecule has 38 heavy (non-hydrogen) atoms. The van der Waals surface area contributed by atoms with Gasteiger partial charge in [0.1, 0.15) is 6.04 Å². The number of anilines is 2. The first-order valence-corrected chi connectivity index (χ1v) is 11.0. The van der Waals surface area contributed by atoms with Crippen LogP contribution in [0.5, 0.6) is 0 Å². The van der Waals surface area contributed by atoms with Crippen molar-refractivity contribution < 1.29 is 32.2 Å². The summed E-state index contributed by atoms with van der Waals surface area (Å²) >= 11 is 0. The van der Waals surface area contributed by atoms with Crippen molar-refractivity contribution in [2.75, 3.05) is 19.1 Å². The van der Waals surface area contributed by atoms with E-state index in [1.807, 2.05) is 6.07 Å². The third kappa shape index (κ3) is 4.52. The highest BCUT2D eigenvalue weighted by molar-refractivity contribution is 5.94. The lowest BCUT2D eigenvalue weighted by Gasteiger charge is -2.36. The Bertz CT molecular complexity index is 1560. The van der Waals surface area contributed by atoms with Crippen molar-refractivity contribution >= 4 is 23.6 Å². The summed E-state index contributed by atoms with van der Waals surface area (Å²) in [7, 11) is 2.31. The Morgan fingerprint density at radius 1 is 1.16 bits per heavy atom. The van der Waals surface area contributed by atoms with Crippen LogP contribution in [0.1, 0.15) is 35.2 Å². The summed E-state index contributed by atoms with van der Waals surface area (Å²) in [6, 6.07) is 9.47. The van der Waals surface area contributed by atoms with Crippen LogP contribution in [0.2, 0.25) is 0 Å². The van der Waals surface area contributed by atoms with Crippen LogP contribution in [0.25, 0.3) is 0 Å². The minimum Gasteiger partial charge on any atom is -0.469 e. The molecule has 1 aliphatic rings. The van der Waals surface area contributed by atoms with Crippen molar-refractivity contribution in [1.29, 1.82) is 5.26 Å². The smallest absolute Gasteiger partial charge is 0.416 e. The molecule has 0 fully saturated rings. The fraction of sp³-hybridized carbons (Fsp3) is 0.240. The predicted molar refractivity (Wildman–Crippen MR) is 126 cm³/mol. The highest BCUT2D eigenvalue weighted by Gasteiger charge is 2.41. The second kappa shape index (κ2) is 9.89. The minimum atomic E-state index is -4.65. The maximum absolute atomic E-state index is 13.5. The van der Waals surface area contributed by atoms with Gasteiger partial charge >= 0.3 is 23.8 Å². The van der Waals surface area contributed by atoms with E-state index in [1.165, 1.54) is 49.3 Å². The zero-order valence-corrected chi connectivity index (χ0v) is 20.3. The number of nitrogens with one attached hydrogen (secondary N) is 1. The van der Waals surface area contributed by atoms with E-state index in [2.05, 4.69) is 10.2 Å². The quantitative estimate of drug-likeness (QED) is 0.500. The molecule has 1 aliphatic heterocycles. The molecule has 0 spiro atoms. The number of benzene rings is 2. The molecule has 1 atom stereocenters. The molecule has 4 rings (SSSR count). The second-order valence-electron chi connectivity index (χ2n) is 8.25. The van der Waals surface area contributed by atoms with Crippen LogP contribution in [0.3, 0.4) is 0 Å². The minimum absolute atomic E-state index is 0.00737. The van der Waals surface area contributed by atoms with Crippen LogP contribution >= 0.6 is 0 Å². The summed E-state index contributed by atoms with van der Waals surface area (Å²) in [6.07, 6.45) is -4.93. The first-order chi connectivity index (χ1) is 18.0. The summed E-state index contributed by atoms with van der Waals surface area (Å²) in [5.41, 5.74) is -0.867. The van der Waals surface area contributed by atoms with E-state index in [1.54, 1.807) is 0 Å². The van der Waals surface area contributed by atoms with Gasteiger partial charge in [0.2, 0.25) is 5.95 Å². The number of aromatic nitrogens is 3. The second-order valence-corrected chi connectivity index (χ2v) is 8.25. The maximum Gasteiger partial charge on any atom is 0.416 e. The van der Waals surface area contributed by atoms with Crippen LogP contribution in [-0.4, -0.2) is 40.9 Å². The molecule has 0 amide bonds. The van der Waals surface area contributed by atoms with Gasteiger partial charge in [-0.3, -0.25) is 9.69 Å². The van der Waals surface area contributed by atoms with Gasteiger partial charge in [-0.15, -0.1) is 5.10 Å². The summed E-state index contributed by atoms with van der Waals surface area (Å²) in [5, 5.41) is 15.7. The highest BCUT2D eigenvalue weighted by Crippen LogP contribution is 2.43. The number of carbonyl (C=O) groups is 2. The number of allylic oxidation sites excluding steroid dienone is 1. The van der Waals surface area contributed by atoms with E-state index in [4.69, 9.17) is 9.47 Å². The van der Waals surface area contributed by atoms with Crippen LogP contribution in [0.15, 0.2) is 58.5 Å². The number of aromatic amines is 1. The average molecular weight is 527 g/mol. The molecule has 1 aromatic heterocycles. The Morgan fingerprint density at radius 2 is 1.89 bits per heavy atom. The lowest BCUT2D eigenvalue weighted by atomic mass is 9.89. The first kappa shape index (κ1) is 26.2. The van der Waals surface area contributed by atoms with Gasteiger partial charge in [-0.2, -0.15) is 18.4 Å². The van der Waals surface area contributed by atoms with E-state index in [0.717, 1.165) is 23.8 Å². The molecule has 0 saturated heterocycles. The molecule has 0 radical (unpaired) electrons. The standard InChI is InChI=1S/C25H20F3N5O5/c1-13-20(22(35)38-3)21(18-8-7-14(12-29)9-15(18)10-19(34)37-2)33-23(30-31-24(33)36)32(13)17-6-4-5-16(11-17)25(26,27)28/h4-9,11,21H,10H2,1-3H3,(H,31,36). The highest BCUT2D eigenvalue weighted by atomic mass is 19.4. The van der Waals surface area contributed by atoms with Crippen LogP contribution in [0.4, 0.5) is 24.8 Å². The van der Waals surface area contributed by atoms with Gasteiger partial charge < -0.3 is 9.47 Å². The molecule has 0 bridgehead atoms. The Kier molecular flexibility index (Phi) is 6.82. The van der Waals surface area contributed by atoms with E-state index in [9.17, 15) is 32.8 Å². The van der Waals surface area contributed by atoms with Gasteiger partial charge in [0.05, 0.1) is 43.4 Å². The number of alkyl halides is 3. The number of H-pyrrole nitrogens is 1. The topological polar surface area (TPSA) is 130 Å². The summed E-state index contributed by atoms with van der Waals surface area (Å²) in [5.74, 6) is -1.60. The van der Waals surface area contributed by atoms with Crippen LogP contribution < -0.4 is 10.6 Å². The Hall–Kier alpha value is -4.86. The van der Waals surface area contributed by atoms with Crippen LogP contribution in [0, 0.1) is 11.3 Å². The van der Waals surface area contributed by atoms with Gasteiger partial charge in [0.15, 0.2) is 0 Å². The Balaban J connectivity index is 2.03. The number of hydrogen-bond donors (Lipinski definition) is 1. The van der Waals surface area contributed by atoms with Gasteiger partial charge in [0, 0.05) is 11.4 Å². The summed E-state index contributed by atoms with van der Waals surface area (Å²) < 4.78 is 51.3. The lowest BCUT2D eigenvalue weighted by molar-refractivity contribution is -0.140.